The quantitative estimate of drug-likeness (QED) is 0.644. The summed E-state index contributed by atoms with van der Waals surface area (Å²) in [5.41, 5.74) is 5.41. The molecule has 130 valence electrons. The van der Waals surface area contributed by atoms with E-state index in [1.54, 1.807) is 0 Å². The third-order valence-electron chi connectivity index (χ3n) is 4.21. The van der Waals surface area contributed by atoms with Crippen molar-refractivity contribution in [3.8, 4) is 0 Å². The molecule has 1 fully saturated rings. The van der Waals surface area contributed by atoms with Crippen LogP contribution < -0.4 is 16.4 Å². The van der Waals surface area contributed by atoms with Gasteiger partial charge in [-0.15, -0.1) is 0 Å². The van der Waals surface area contributed by atoms with Gasteiger partial charge in [-0.2, -0.15) is 0 Å². The topological polar surface area (TPSA) is 76.4 Å². The molecule has 1 aliphatic rings. The molecule has 0 saturated heterocycles. The highest BCUT2D eigenvalue weighted by molar-refractivity contribution is 5.67. The lowest BCUT2D eigenvalue weighted by atomic mass is 10.0. The van der Waals surface area contributed by atoms with E-state index >= 15 is 0 Å². The number of nitrogens with two attached hydrogens (primary N) is 1. The Morgan fingerprint density at radius 2 is 2.09 bits per heavy atom. The first-order valence-corrected chi connectivity index (χ1v) is 8.78. The summed E-state index contributed by atoms with van der Waals surface area (Å²) in [6.45, 7) is 9.19. The van der Waals surface area contributed by atoms with Crippen LogP contribution in [0.5, 0.6) is 0 Å². The van der Waals surface area contributed by atoms with Crippen molar-refractivity contribution in [2.45, 2.75) is 83.9 Å². The zero-order chi connectivity index (χ0) is 16.6. The Hall–Kier alpha value is -0.810. The number of rotatable bonds is 8. The maximum atomic E-state index is 11.8. The largest absolute Gasteiger partial charge is 0.444 e. The van der Waals surface area contributed by atoms with Crippen molar-refractivity contribution >= 4 is 6.09 Å². The number of nitrogens with one attached hydrogen (secondary N) is 2. The molecule has 0 spiro atoms. The van der Waals surface area contributed by atoms with Crippen molar-refractivity contribution in [1.29, 1.82) is 0 Å². The normalized spacial score (nSPS) is 23.3. The molecule has 1 saturated carbocycles. The first kappa shape index (κ1) is 19.2. The van der Waals surface area contributed by atoms with Gasteiger partial charge < -0.3 is 21.1 Å². The lowest BCUT2D eigenvalue weighted by Gasteiger charge is -2.27. The second kappa shape index (κ2) is 9.36. The highest BCUT2D eigenvalue weighted by Crippen LogP contribution is 2.25. The fraction of sp³-hybridized carbons (Fsp3) is 0.941. The Balaban J connectivity index is 2.44. The standard InChI is InChI=1S/C17H35N3O2/c1-5-6-9-14(12-19-16(21)22-17(2,3)4)20-15-10-7-8-13(15)11-18/h13-15,20H,5-12,18H2,1-4H3,(H,19,21). The summed E-state index contributed by atoms with van der Waals surface area (Å²) in [7, 11) is 0. The summed E-state index contributed by atoms with van der Waals surface area (Å²) in [5, 5.41) is 6.62. The average Bonchev–Trinajstić information content (AvgIpc) is 2.87. The van der Waals surface area contributed by atoms with Gasteiger partial charge in [0, 0.05) is 18.6 Å². The third-order valence-corrected chi connectivity index (χ3v) is 4.21. The fourth-order valence-electron chi connectivity index (χ4n) is 3.06. The van der Waals surface area contributed by atoms with E-state index in [2.05, 4.69) is 17.6 Å². The molecule has 4 N–H and O–H groups in total. The maximum absolute atomic E-state index is 11.8. The predicted molar refractivity (Wildman–Crippen MR) is 90.9 cm³/mol. The Labute approximate surface area is 135 Å². The van der Waals surface area contributed by atoms with Crippen LogP contribution in [0.15, 0.2) is 0 Å². The van der Waals surface area contributed by atoms with Gasteiger partial charge in [0.15, 0.2) is 0 Å². The molecule has 0 radical (unpaired) electrons. The SMILES string of the molecule is CCCCC(CNC(=O)OC(C)(C)C)NC1CCCC1CN. The highest BCUT2D eigenvalue weighted by atomic mass is 16.6. The zero-order valence-corrected chi connectivity index (χ0v) is 14.8. The summed E-state index contributed by atoms with van der Waals surface area (Å²) >= 11 is 0. The van der Waals surface area contributed by atoms with Crippen LogP contribution in [0.3, 0.4) is 0 Å². The Morgan fingerprint density at radius 3 is 2.68 bits per heavy atom. The van der Waals surface area contributed by atoms with Crippen molar-refractivity contribution in [2.75, 3.05) is 13.1 Å². The summed E-state index contributed by atoms with van der Waals surface area (Å²) in [6.07, 6.45) is 6.71. The van der Waals surface area contributed by atoms with Crippen LogP contribution in [-0.4, -0.2) is 36.9 Å². The van der Waals surface area contributed by atoms with Crippen LogP contribution in [0, 0.1) is 5.92 Å². The lowest BCUT2D eigenvalue weighted by molar-refractivity contribution is 0.0520. The van der Waals surface area contributed by atoms with E-state index in [4.69, 9.17) is 10.5 Å². The number of amides is 1. The van der Waals surface area contributed by atoms with E-state index in [9.17, 15) is 4.79 Å². The van der Waals surface area contributed by atoms with Crippen LogP contribution in [0.2, 0.25) is 0 Å². The fourth-order valence-corrected chi connectivity index (χ4v) is 3.06. The summed E-state index contributed by atoms with van der Waals surface area (Å²) in [5.74, 6) is 0.575. The summed E-state index contributed by atoms with van der Waals surface area (Å²) in [4.78, 5) is 11.8. The van der Waals surface area contributed by atoms with Gasteiger partial charge in [0.1, 0.15) is 5.60 Å². The Morgan fingerprint density at radius 1 is 1.36 bits per heavy atom. The smallest absolute Gasteiger partial charge is 0.407 e. The number of ether oxygens (including phenoxy) is 1. The number of alkyl carbamates (subject to hydrolysis) is 1. The zero-order valence-electron chi connectivity index (χ0n) is 14.8. The average molecular weight is 313 g/mol. The van der Waals surface area contributed by atoms with Gasteiger partial charge in [-0.05, 0) is 52.5 Å². The van der Waals surface area contributed by atoms with E-state index in [-0.39, 0.29) is 6.09 Å². The number of carbonyl (C=O) groups excluding carboxylic acids is 1. The molecule has 1 amide bonds. The molecule has 0 aromatic heterocycles. The molecule has 0 heterocycles. The van der Waals surface area contributed by atoms with Crippen molar-refractivity contribution in [2.24, 2.45) is 11.7 Å². The van der Waals surface area contributed by atoms with Crippen LogP contribution in [0.1, 0.15) is 66.2 Å². The minimum atomic E-state index is -0.452. The van der Waals surface area contributed by atoms with E-state index < -0.39 is 5.60 Å². The van der Waals surface area contributed by atoms with Gasteiger partial charge in [-0.1, -0.05) is 26.2 Å². The maximum Gasteiger partial charge on any atom is 0.407 e. The van der Waals surface area contributed by atoms with Crippen LogP contribution in [-0.2, 0) is 4.74 Å². The summed E-state index contributed by atoms with van der Waals surface area (Å²) < 4.78 is 5.31. The van der Waals surface area contributed by atoms with E-state index in [1.807, 2.05) is 20.8 Å². The molecule has 0 bridgehead atoms. The molecule has 3 unspecified atom stereocenters. The molecular formula is C17H35N3O2. The molecule has 0 aliphatic heterocycles. The molecule has 3 atom stereocenters. The highest BCUT2D eigenvalue weighted by Gasteiger charge is 2.28. The molecule has 22 heavy (non-hydrogen) atoms. The number of unbranched alkanes of at least 4 members (excludes halogenated alkanes) is 1. The minimum Gasteiger partial charge on any atom is -0.444 e. The summed E-state index contributed by atoms with van der Waals surface area (Å²) in [6, 6.07) is 0.789. The van der Waals surface area contributed by atoms with Crippen molar-refractivity contribution < 1.29 is 9.53 Å². The van der Waals surface area contributed by atoms with Gasteiger partial charge in [0.2, 0.25) is 0 Å². The predicted octanol–water partition coefficient (Wildman–Crippen LogP) is 2.79. The molecule has 1 rings (SSSR count). The molecule has 5 nitrogen and oxygen atoms in total. The minimum absolute atomic E-state index is 0.296. The van der Waals surface area contributed by atoms with E-state index in [0.717, 1.165) is 25.8 Å². The third kappa shape index (κ3) is 7.45. The van der Waals surface area contributed by atoms with Gasteiger partial charge in [-0.25, -0.2) is 4.79 Å². The van der Waals surface area contributed by atoms with Gasteiger partial charge in [0.25, 0.3) is 0 Å². The molecule has 0 aromatic carbocycles. The first-order valence-electron chi connectivity index (χ1n) is 8.78. The molecular weight excluding hydrogens is 278 g/mol. The van der Waals surface area contributed by atoms with Crippen LogP contribution in [0.4, 0.5) is 4.79 Å². The molecule has 1 aliphatic carbocycles. The van der Waals surface area contributed by atoms with Crippen molar-refractivity contribution in [1.82, 2.24) is 10.6 Å². The monoisotopic (exact) mass is 313 g/mol. The Bertz CT molecular complexity index is 328. The second-order valence-electron chi connectivity index (χ2n) is 7.42. The van der Waals surface area contributed by atoms with E-state index in [1.165, 1.54) is 19.3 Å². The van der Waals surface area contributed by atoms with E-state index in [0.29, 0.717) is 24.5 Å². The van der Waals surface area contributed by atoms with Gasteiger partial charge in [0.05, 0.1) is 0 Å². The first-order chi connectivity index (χ1) is 10.4. The van der Waals surface area contributed by atoms with Gasteiger partial charge >= 0.3 is 6.09 Å². The molecule has 0 aromatic rings. The molecule has 5 heteroatoms. The van der Waals surface area contributed by atoms with Crippen molar-refractivity contribution in [3.05, 3.63) is 0 Å². The van der Waals surface area contributed by atoms with Crippen LogP contribution >= 0.6 is 0 Å². The number of carbonyl (C=O) groups is 1. The number of hydrogen-bond donors (Lipinski definition) is 3. The van der Waals surface area contributed by atoms with Crippen LogP contribution in [0.25, 0.3) is 0 Å². The van der Waals surface area contributed by atoms with Gasteiger partial charge in [-0.3, -0.25) is 0 Å². The second-order valence-corrected chi connectivity index (χ2v) is 7.42. The van der Waals surface area contributed by atoms with Crippen molar-refractivity contribution in [3.63, 3.8) is 0 Å². The lowest BCUT2D eigenvalue weighted by Crippen LogP contribution is -2.48. The number of hydrogen-bond acceptors (Lipinski definition) is 4. The Kier molecular flexibility index (Phi) is 8.18.